The normalized spacial score (nSPS) is 20.5. The SMILES string of the molecule is Cc1ccc(C(=O)N2CCC(C)(CN)C2)cc1NC(=O)NC(C)(C)C. The van der Waals surface area contributed by atoms with Gasteiger partial charge in [-0.05, 0) is 63.8 Å². The van der Waals surface area contributed by atoms with Gasteiger partial charge in [0.2, 0.25) is 0 Å². The third kappa shape index (κ3) is 4.95. The first kappa shape index (κ1) is 19.2. The van der Waals surface area contributed by atoms with Gasteiger partial charge in [-0.2, -0.15) is 0 Å². The van der Waals surface area contributed by atoms with E-state index in [9.17, 15) is 9.59 Å². The number of urea groups is 1. The number of amides is 3. The summed E-state index contributed by atoms with van der Waals surface area (Å²) < 4.78 is 0. The number of nitrogens with one attached hydrogen (secondary N) is 2. The van der Waals surface area contributed by atoms with Crippen LogP contribution in [0, 0.1) is 12.3 Å². The summed E-state index contributed by atoms with van der Waals surface area (Å²) in [5, 5.41) is 5.70. The van der Waals surface area contributed by atoms with Crippen LogP contribution in [0.1, 0.15) is 50.0 Å². The molecule has 1 aromatic rings. The molecule has 1 heterocycles. The van der Waals surface area contributed by atoms with Crippen molar-refractivity contribution in [2.24, 2.45) is 11.1 Å². The van der Waals surface area contributed by atoms with E-state index in [4.69, 9.17) is 5.73 Å². The average molecular weight is 346 g/mol. The van der Waals surface area contributed by atoms with Crippen molar-refractivity contribution in [3.8, 4) is 0 Å². The fraction of sp³-hybridized carbons (Fsp3) is 0.579. The van der Waals surface area contributed by atoms with E-state index in [-0.39, 0.29) is 22.9 Å². The standard InChI is InChI=1S/C19H30N4O2/c1-13-6-7-14(10-15(13)21-17(25)22-18(2,3)4)16(24)23-9-8-19(5,11-20)12-23/h6-7,10H,8-9,11-12,20H2,1-5H3,(H2,21,22,25). The van der Waals surface area contributed by atoms with Crippen molar-refractivity contribution in [3.05, 3.63) is 29.3 Å². The van der Waals surface area contributed by atoms with E-state index in [1.807, 2.05) is 44.7 Å². The topological polar surface area (TPSA) is 87.5 Å². The molecule has 2 rings (SSSR count). The fourth-order valence-electron chi connectivity index (χ4n) is 2.93. The summed E-state index contributed by atoms with van der Waals surface area (Å²) in [6.07, 6.45) is 0.917. The van der Waals surface area contributed by atoms with Gasteiger partial charge in [0, 0.05) is 29.9 Å². The van der Waals surface area contributed by atoms with Gasteiger partial charge in [-0.1, -0.05) is 13.0 Å². The summed E-state index contributed by atoms with van der Waals surface area (Å²) in [7, 11) is 0. The number of aryl methyl sites for hydroxylation is 1. The summed E-state index contributed by atoms with van der Waals surface area (Å²) in [5.74, 6) is -0.0172. The second-order valence-corrected chi connectivity index (χ2v) is 8.35. The van der Waals surface area contributed by atoms with Crippen LogP contribution >= 0.6 is 0 Å². The Hall–Kier alpha value is -2.08. The number of carbonyl (C=O) groups excluding carboxylic acids is 2. The highest BCUT2D eigenvalue weighted by Crippen LogP contribution is 2.30. The second kappa shape index (κ2) is 7.04. The van der Waals surface area contributed by atoms with E-state index in [0.717, 1.165) is 12.0 Å². The summed E-state index contributed by atoms with van der Waals surface area (Å²) in [4.78, 5) is 26.7. The van der Waals surface area contributed by atoms with Crippen molar-refractivity contribution in [3.63, 3.8) is 0 Å². The predicted octanol–water partition coefficient (Wildman–Crippen LogP) is 2.73. The van der Waals surface area contributed by atoms with Gasteiger partial charge in [0.25, 0.3) is 5.91 Å². The summed E-state index contributed by atoms with van der Waals surface area (Å²) in [6.45, 7) is 11.7. The van der Waals surface area contributed by atoms with E-state index < -0.39 is 0 Å². The lowest BCUT2D eigenvalue weighted by molar-refractivity contribution is 0.0777. The Morgan fingerprint density at radius 3 is 2.56 bits per heavy atom. The van der Waals surface area contributed by atoms with Gasteiger partial charge in [0.15, 0.2) is 0 Å². The van der Waals surface area contributed by atoms with Crippen LogP contribution in [0.3, 0.4) is 0 Å². The molecule has 1 aliphatic rings. The van der Waals surface area contributed by atoms with E-state index >= 15 is 0 Å². The number of carbonyl (C=O) groups is 2. The fourth-order valence-corrected chi connectivity index (χ4v) is 2.93. The molecule has 1 fully saturated rings. The smallest absolute Gasteiger partial charge is 0.319 e. The van der Waals surface area contributed by atoms with Crippen molar-refractivity contribution in [2.75, 3.05) is 25.0 Å². The molecule has 0 aliphatic carbocycles. The quantitative estimate of drug-likeness (QED) is 0.786. The van der Waals surface area contributed by atoms with Gasteiger partial charge in [-0.25, -0.2) is 4.79 Å². The lowest BCUT2D eigenvalue weighted by atomic mass is 9.90. The largest absolute Gasteiger partial charge is 0.338 e. The molecule has 0 saturated carbocycles. The number of nitrogens with two attached hydrogens (primary N) is 1. The molecule has 138 valence electrons. The van der Waals surface area contributed by atoms with Crippen molar-refractivity contribution in [1.82, 2.24) is 10.2 Å². The van der Waals surface area contributed by atoms with Gasteiger partial charge in [0.05, 0.1) is 0 Å². The van der Waals surface area contributed by atoms with Gasteiger partial charge in [0.1, 0.15) is 0 Å². The molecule has 1 atom stereocenters. The van der Waals surface area contributed by atoms with Crippen LogP contribution < -0.4 is 16.4 Å². The number of benzene rings is 1. The molecule has 6 nitrogen and oxygen atoms in total. The van der Waals surface area contributed by atoms with Crippen LogP contribution in [-0.4, -0.2) is 42.0 Å². The molecule has 1 saturated heterocycles. The maximum atomic E-state index is 12.8. The second-order valence-electron chi connectivity index (χ2n) is 8.35. The molecule has 0 bridgehead atoms. The van der Waals surface area contributed by atoms with Gasteiger partial charge < -0.3 is 21.3 Å². The van der Waals surface area contributed by atoms with E-state index in [2.05, 4.69) is 17.6 Å². The minimum atomic E-state index is -0.326. The lowest BCUT2D eigenvalue weighted by Crippen LogP contribution is -2.43. The maximum absolute atomic E-state index is 12.8. The van der Waals surface area contributed by atoms with E-state index in [0.29, 0.717) is 30.9 Å². The van der Waals surface area contributed by atoms with Crippen LogP contribution in [-0.2, 0) is 0 Å². The Labute approximate surface area is 150 Å². The van der Waals surface area contributed by atoms with Crippen molar-refractivity contribution >= 4 is 17.6 Å². The van der Waals surface area contributed by atoms with Gasteiger partial charge in [-0.15, -0.1) is 0 Å². The van der Waals surface area contributed by atoms with Crippen molar-refractivity contribution in [1.29, 1.82) is 0 Å². The summed E-state index contributed by atoms with van der Waals surface area (Å²) in [5.41, 5.74) is 7.63. The first-order chi connectivity index (χ1) is 11.5. The first-order valence-corrected chi connectivity index (χ1v) is 8.72. The molecule has 3 amide bonds. The molecule has 4 N–H and O–H groups in total. The van der Waals surface area contributed by atoms with Crippen LogP contribution in [0.2, 0.25) is 0 Å². The van der Waals surface area contributed by atoms with Crippen LogP contribution in [0.25, 0.3) is 0 Å². The number of anilines is 1. The third-order valence-electron chi connectivity index (χ3n) is 4.56. The molecule has 25 heavy (non-hydrogen) atoms. The Morgan fingerprint density at radius 2 is 2.00 bits per heavy atom. The molecule has 1 unspecified atom stereocenters. The Bertz CT molecular complexity index is 666. The third-order valence-corrected chi connectivity index (χ3v) is 4.56. The average Bonchev–Trinajstić information content (AvgIpc) is 2.90. The Kier molecular flexibility index (Phi) is 5.42. The van der Waals surface area contributed by atoms with Gasteiger partial charge in [-0.3, -0.25) is 4.79 Å². The Morgan fingerprint density at radius 1 is 1.32 bits per heavy atom. The van der Waals surface area contributed by atoms with Crippen LogP contribution in [0.4, 0.5) is 10.5 Å². The zero-order chi connectivity index (χ0) is 18.8. The molecular weight excluding hydrogens is 316 g/mol. The molecule has 6 heteroatoms. The lowest BCUT2D eigenvalue weighted by Gasteiger charge is -2.23. The molecule has 0 radical (unpaired) electrons. The molecular formula is C19H30N4O2. The number of hydrogen-bond acceptors (Lipinski definition) is 3. The van der Waals surface area contributed by atoms with Crippen molar-refractivity contribution in [2.45, 2.75) is 46.6 Å². The molecule has 0 aromatic heterocycles. The van der Waals surface area contributed by atoms with Crippen LogP contribution in [0.5, 0.6) is 0 Å². The molecule has 1 aliphatic heterocycles. The minimum Gasteiger partial charge on any atom is -0.338 e. The monoisotopic (exact) mass is 346 g/mol. The zero-order valence-corrected chi connectivity index (χ0v) is 15.9. The van der Waals surface area contributed by atoms with Crippen molar-refractivity contribution < 1.29 is 9.59 Å². The van der Waals surface area contributed by atoms with Gasteiger partial charge >= 0.3 is 6.03 Å². The minimum absolute atomic E-state index is 0.00592. The highest BCUT2D eigenvalue weighted by molar-refractivity contribution is 5.97. The zero-order valence-electron chi connectivity index (χ0n) is 15.9. The van der Waals surface area contributed by atoms with E-state index in [1.54, 1.807) is 6.07 Å². The number of nitrogens with zero attached hydrogens (tertiary/aromatic N) is 1. The van der Waals surface area contributed by atoms with Crippen LogP contribution in [0.15, 0.2) is 18.2 Å². The molecule has 0 spiro atoms. The highest BCUT2D eigenvalue weighted by Gasteiger charge is 2.35. The maximum Gasteiger partial charge on any atom is 0.319 e. The summed E-state index contributed by atoms with van der Waals surface area (Å²) >= 11 is 0. The Balaban J connectivity index is 2.13. The summed E-state index contributed by atoms with van der Waals surface area (Å²) in [6, 6.07) is 5.13. The predicted molar refractivity (Wildman–Crippen MR) is 101 cm³/mol. The number of likely N-dealkylation sites (tertiary alicyclic amines) is 1. The number of rotatable bonds is 3. The number of hydrogen-bond donors (Lipinski definition) is 3. The van der Waals surface area contributed by atoms with E-state index in [1.165, 1.54) is 0 Å². The first-order valence-electron chi connectivity index (χ1n) is 8.72. The molecule has 1 aromatic carbocycles. The highest BCUT2D eigenvalue weighted by atomic mass is 16.2.